The Morgan fingerprint density at radius 2 is 1.61 bits per heavy atom. The van der Waals surface area contributed by atoms with Gasteiger partial charge in [0.25, 0.3) is 0 Å². The van der Waals surface area contributed by atoms with Crippen LogP contribution in [0.15, 0.2) is 36.5 Å². The number of nitrogens with zero attached hydrogens (tertiary/aromatic N) is 1. The van der Waals surface area contributed by atoms with Crippen molar-refractivity contribution in [2.24, 2.45) is 13.0 Å². The molecule has 1 heterocycles. The van der Waals surface area contributed by atoms with Crippen molar-refractivity contribution in [1.29, 1.82) is 0 Å². The molecule has 0 saturated heterocycles. The van der Waals surface area contributed by atoms with Gasteiger partial charge in [0, 0.05) is 16.5 Å². The van der Waals surface area contributed by atoms with E-state index in [1.165, 1.54) is 49.8 Å². The normalized spacial score (nSPS) is 12.2. The lowest BCUT2D eigenvalue weighted by Gasteiger charge is -2.22. The predicted molar refractivity (Wildman–Crippen MR) is 122 cm³/mol. The lowest BCUT2D eigenvalue weighted by atomic mass is 9.82. The van der Waals surface area contributed by atoms with E-state index in [2.05, 4.69) is 104 Å². The Labute approximate surface area is 171 Å². The Morgan fingerprint density at radius 1 is 0.929 bits per heavy atom. The molecule has 0 N–H and O–H groups in total. The Morgan fingerprint density at radius 3 is 2.21 bits per heavy atom. The van der Waals surface area contributed by atoms with E-state index in [0.717, 1.165) is 6.42 Å². The van der Waals surface area contributed by atoms with Crippen LogP contribution in [0.5, 0.6) is 0 Å². The third-order valence-electron chi connectivity index (χ3n) is 5.99. The van der Waals surface area contributed by atoms with Crippen LogP contribution in [0.2, 0.25) is 0 Å². The first-order valence-corrected chi connectivity index (χ1v) is 10.5. The average molecular weight is 375 g/mol. The summed E-state index contributed by atoms with van der Waals surface area (Å²) in [7, 11) is 2.18. The molecule has 1 nitrogen and oxygen atoms in total. The number of aryl methyl sites for hydroxylation is 3. The molecule has 0 unspecified atom stereocenters. The number of aromatic nitrogens is 1. The summed E-state index contributed by atoms with van der Waals surface area (Å²) >= 11 is 0. The van der Waals surface area contributed by atoms with Crippen molar-refractivity contribution >= 4 is 10.8 Å². The second kappa shape index (κ2) is 7.35. The van der Waals surface area contributed by atoms with Crippen LogP contribution in [0.25, 0.3) is 22.0 Å². The standard InChI is InChI=1S/C27H36N/c1-17(2)12-21-10-11-22-16-28(9)26(20(5)24(22)14-21)25-15-23(27(6,7)8)13-18(3)19(25)4/h10-11,13-17H,12H2,1-9H3/q+1. The molecule has 28 heavy (non-hydrogen) atoms. The highest BCUT2D eigenvalue weighted by Crippen LogP contribution is 2.34. The summed E-state index contributed by atoms with van der Waals surface area (Å²) in [6.07, 6.45) is 3.42. The average Bonchev–Trinajstić information content (AvgIpc) is 2.57. The van der Waals surface area contributed by atoms with Gasteiger partial charge in [-0.1, -0.05) is 52.8 Å². The van der Waals surface area contributed by atoms with E-state index in [1.54, 1.807) is 0 Å². The van der Waals surface area contributed by atoms with Crippen LogP contribution >= 0.6 is 0 Å². The summed E-state index contributed by atoms with van der Waals surface area (Å²) in [5.74, 6) is 0.672. The topological polar surface area (TPSA) is 3.88 Å². The molecule has 0 aliphatic carbocycles. The Kier molecular flexibility index (Phi) is 5.40. The number of pyridine rings is 1. The molecule has 0 bridgehead atoms. The third kappa shape index (κ3) is 3.85. The largest absolute Gasteiger partial charge is 0.216 e. The quantitative estimate of drug-likeness (QED) is 0.446. The Bertz CT molecular complexity index is 1030. The maximum atomic E-state index is 2.41. The molecule has 0 aliphatic heterocycles. The minimum atomic E-state index is 0.140. The first-order chi connectivity index (χ1) is 13.0. The van der Waals surface area contributed by atoms with E-state index in [9.17, 15) is 0 Å². The van der Waals surface area contributed by atoms with Gasteiger partial charge in [0.1, 0.15) is 7.05 Å². The van der Waals surface area contributed by atoms with Crippen molar-refractivity contribution in [2.75, 3.05) is 0 Å². The van der Waals surface area contributed by atoms with Crippen molar-refractivity contribution in [3.05, 3.63) is 64.3 Å². The van der Waals surface area contributed by atoms with Gasteiger partial charge in [0.05, 0.1) is 0 Å². The highest BCUT2D eigenvalue weighted by Gasteiger charge is 2.23. The molecular formula is C27H36N+. The van der Waals surface area contributed by atoms with Crippen LogP contribution in [-0.2, 0) is 18.9 Å². The highest BCUT2D eigenvalue weighted by molar-refractivity contribution is 5.89. The van der Waals surface area contributed by atoms with Crippen LogP contribution in [-0.4, -0.2) is 0 Å². The molecule has 0 fully saturated rings. The molecule has 3 aromatic rings. The zero-order valence-corrected chi connectivity index (χ0v) is 19.2. The molecule has 1 aromatic heterocycles. The van der Waals surface area contributed by atoms with Gasteiger partial charge in [0.15, 0.2) is 6.20 Å². The monoisotopic (exact) mass is 374 g/mol. The molecule has 0 aliphatic rings. The fraction of sp³-hybridized carbons (Fsp3) is 0.444. The van der Waals surface area contributed by atoms with Gasteiger partial charge in [-0.15, -0.1) is 0 Å². The minimum absolute atomic E-state index is 0.140. The second-order valence-corrected chi connectivity index (χ2v) is 9.95. The van der Waals surface area contributed by atoms with Crippen LogP contribution in [0.4, 0.5) is 0 Å². The van der Waals surface area contributed by atoms with Gasteiger partial charge in [-0.05, 0) is 78.3 Å². The summed E-state index contributed by atoms with van der Waals surface area (Å²) in [4.78, 5) is 0. The summed E-state index contributed by atoms with van der Waals surface area (Å²) in [6.45, 7) is 18.3. The van der Waals surface area contributed by atoms with Crippen molar-refractivity contribution in [2.45, 2.75) is 67.2 Å². The summed E-state index contributed by atoms with van der Waals surface area (Å²) < 4.78 is 2.31. The van der Waals surface area contributed by atoms with E-state index in [1.807, 2.05) is 0 Å². The van der Waals surface area contributed by atoms with Crippen molar-refractivity contribution in [3.8, 4) is 11.3 Å². The molecule has 3 rings (SSSR count). The molecule has 0 spiro atoms. The van der Waals surface area contributed by atoms with Crippen LogP contribution in [0.1, 0.15) is 62.4 Å². The first-order valence-electron chi connectivity index (χ1n) is 10.5. The molecule has 1 heteroatoms. The fourth-order valence-corrected chi connectivity index (χ4v) is 4.23. The third-order valence-corrected chi connectivity index (χ3v) is 5.99. The summed E-state index contributed by atoms with van der Waals surface area (Å²) in [5.41, 5.74) is 9.79. The van der Waals surface area contributed by atoms with E-state index in [0.29, 0.717) is 5.92 Å². The van der Waals surface area contributed by atoms with E-state index in [4.69, 9.17) is 0 Å². The van der Waals surface area contributed by atoms with E-state index >= 15 is 0 Å². The zero-order valence-electron chi connectivity index (χ0n) is 19.2. The molecule has 0 atom stereocenters. The van der Waals surface area contributed by atoms with Gasteiger partial charge < -0.3 is 0 Å². The van der Waals surface area contributed by atoms with Gasteiger partial charge in [-0.25, -0.2) is 4.57 Å². The zero-order chi connectivity index (χ0) is 20.8. The molecule has 0 radical (unpaired) electrons. The number of hydrogen-bond acceptors (Lipinski definition) is 0. The SMILES string of the molecule is Cc1cc(C(C)(C)C)cc(-c2c(C)c3cc(CC(C)C)ccc3c[n+]2C)c1C. The molecular weight excluding hydrogens is 338 g/mol. The van der Waals surface area contributed by atoms with Gasteiger partial charge in [-0.2, -0.15) is 0 Å². The smallest absolute Gasteiger partial charge is 0.200 e. The Hall–Kier alpha value is -2.15. The second-order valence-electron chi connectivity index (χ2n) is 9.95. The highest BCUT2D eigenvalue weighted by atomic mass is 14.9. The van der Waals surface area contributed by atoms with Crippen LogP contribution in [0.3, 0.4) is 0 Å². The Balaban J connectivity index is 2.30. The van der Waals surface area contributed by atoms with Crippen molar-refractivity contribution in [3.63, 3.8) is 0 Å². The number of rotatable bonds is 3. The van der Waals surface area contributed by atoms with Crippen LogP contribution < -0.4 is 4.57 Å². The van der Waals surface area contributed by atoms with Crippen LogP contribution in [0, 0.1) is 26.7 Å². The summed E-state index contributed by atoms with van der Waals surface area (Å²) in [5, 5.41) is 2.70. The maximum Gasteiger partial charge on any atom is 0.216 e. The van der Waals surface area contributed by atoms with Crippen molar-refractivity contribution in [1.82, 2.24) is 0 Å². The first kappa shape index (κ1) is 20.6. The predicted octanol–water partition coefficient (Wildman–Crippen LogP) is 6.75. The number of benzene rings is 2. The van der Waals surface area contributed by atoms with E-state index in [-0.39, 0.29) is 5.41 Å². The molecule has 148 valence electrons. The fourth-order valence-electron chi connectivity index (χ4n) is 4.23. The molecule has 0 amide bonds. The summed E-state index contributed by atoms with van der Waals surface area (Å²) in [6, 6.07) is 11.7. The van der Waals surface area contributed by atoms with E-state index < -0.39 is 0 Å². The lowest BCUT2D eigenvalue weighted by molar-refractivity contribution is -0.659. The minimum Gasteiger partial charge on any atom is -0.200 e. The lowest BCUT2D eigenvalue weighted by Crippen LogP contribution is -2.32. The maximum absolute atomic E-state index is 2.41. The number of hydrogen-bond donors (Lipinski definition) is 0. The molecule has 2 aromatic carbocycles. The van der Waals surface area contributed by atoms with Gasteiger partial charge in [0.2, 0.25) is 5.69 Å². The van der Waals surface area contributed by atoms with Gasteiger partial charge >= 0.3 is 0 Å². The number of fused-ring (bicyclic) bond motifs is 1. The van der Waals surface area contributed by atoms with Gasteiger partial charge in [-0.3, -0.25) is 0 Å². The molecule has 0 saturated carbocycles. The van der Waals surface area contributed by atoms with Crippen molar-refractivity contribution < 1.29 is 4.57 Å².